The van der Waals surface area contributed by atoms with Gasteiger partial charge in [0.1, 0.15) is 5.60 Å². The summed E-state index contributed by atoms with van der Waals surface area (Å²) in [5.41, 5.74) is -0.565. The van der Waals surface area contributed by atoms with Gasteiger partial charge in [-0.15, -0.1) is 0 Å². The quantitative estimate of drug-likeness (QED) is 0.809. The third kappa shape index (κ3) is 5.94. The van der Waals surface area contributed by atoms with Crippen LogP contribution in [0.1, 0.15) is 59.3 Å². The summed E-state index contributed by atoms with van der Waals surface area (Å²) >= 11 is 0. The third-order valence-corrected chi connectivity index (χ3v) is 3.29. The van der Waals surface area contributed by atoms with E-state index >= 15 is 0 Å². The summed E-state index contributed by atoms with van der Waals surface area (Å²) in [6.45, 7) is 5.37. The van der Waals surface area contributed by atoms with Gasteiger partial charge in [0.25, 0.3) is 0 Å². The van der Waals surface area contributed by atoms with Gasteiger partial charge in [0.2, 0.25) is 0 Å². The molecule has 0 aromatic rings. The summed E-state index contributed by atoms with van der Waals surface area (Å²) in [4.78, 5) is 23.1. The molecule has 0 aliphatic heterocycles. The maximum atomic E-state index is 11.8. The molecule has 1 amide bonds. The predicted molar refractivity (Wildman–Crippen MR) is 72.0 cm³/mol. The van der Waals surface area contributed by atoms with Crippen LogP contribution in [0.15, 0.2) is 0 Å². The number of aliphatic carboxylic acids is 1. The molecule has 0 radical (unpaired) electrons. The molecule has 110 valence electrons. The Hall–Kier alpha value is -1.26. The van der Waals surface area contributed by atoms with Crippen LogP contribution in [0.25, 0.3) is 0 Å². The Balaban J connectivity index is 2.63. The van der Waals surface area contributed by atoms with E-state index in [1.54, 1.807) is 20.8 Å². The molecule has 5 heteroatoms. The molecule has 5 nitrogen and oxygen atoms in total. The highest BCUT2D eigenvalue weighted by Crippen LogP contribution is 2.23. The summed E-state index contributed by atoms with van der Waals surface area (Å²) in [7, 11) is 0. The fourth-order valence-electron chi connectivity index (χ4n) is 2.41. The van der Waals surface area contributed by atoms with Crippen LogP contribution in [0, 0.1) is 5.92 Å². The molecule has 2 N–H and O–H groups in total. The lowest BCUT2D eigenvalue weighted by molar-refractivity contribution is -0.143. The van der Waals surface area contributed by atoms with Crippen LogP contribution in [0.4, 0.5) is 4.79 Å². The standard InChI is InChI=1S/C14H25NO4/c1-14(2,3)19-13(18)15-11-9-7-5-4-6-8-10(11)12(16)17/h10-11H,4-9H2,1-3H3,(H,15,18)(H,16,17). The second kappa shape index (κ2) is 6.78. The number of rotatable bonds is 2. The molecule has 1 fully saturated rings. The highest BCUT2D eigenvalue weighted by atomic mass is 16.6. The van der Waals surface area contributed by atoms with E-state index in [-0.39, 0.29) is 6.04 Å². The van der Waals surface area contributed by atoms with Crippen molar-refractivity contribution in [2.24, 2.45) is 5.92 Å². The smallest absolute Gasteiger partial charge is 0.407 e. The average molecular weight is 271 g/mol. The molecule has 0 bridgehead atoms. The maximum Gasteiger partial charge on any atom is 0.407 e. The van der Waals surface area contributed by atoms with Crippen molar-refractivity contribution < 1.29 is 19.4 Å². The van der Waals surface area contributed by atoms with E-state index in [9.17, 15) is 14.7 Å². The van der Waals surface area contributed by atoms with Crippen molar-refractivity contribution in [3.8, 4) is 0 Å². The average Bonchev–Trinajstić information content (AvgIpc) is 2.18. The van der Waals surface area contributed by atoms with Gasteiger partial charge in [0.15, 0.2) is 0 Å². The number of alkyl carbamates (subject to hydrolysis) is 1. The highest BCUT2D eigenvalue weighted by molar-refractivity contribution is 5.73. The molecule has 2 unspecified atom stereocenters. The lowest BCUT2D eigenvalue weighted by atomic mass is 9.87. The molecular formula is C14H25NO4. The second-order valence-electron chi connectivity index (χ2n) is 6.19. The lowest BCUT2D eigenvalue weighted by Gasteiger charge is -2.28. The van der Waals surface area contributed by atoms with E-state index in [1.165, 1.54) is 0 Å². The van der Waals surface area contributed by atoms with Crippen molar-refractivity contribution in [3.05, 3.63) is 0 Å². The van der Waals surface area contributed by atoms with Gasteiger partial charge in [-0.2, -0.15) is 0 Å². The zero-order valence-corrected chi connectivity index (χ0v) is 12.1. The Morgan fingerprint density at radius 2 is 1.68 bits per heavy atom. The van der Waals surface area contributed by atoms with E-state index in [4.69, 9.17) is 4.74 Å². The summed E-state index contributed by atoms with van der Waals surface area (Å²) in [6, 6.07) is -0.326. The highest BCUT2D eigenvalue weighted by Gasteiger charge is 2.31. The molecule has 2 atom stereocenters. The maximum absolute atomic E-state index is 11.8. The minimum Gasteiger partial charge on any atom is -0.481 e. The number of amides is 1. The van der Waals surface area contributed by atoms with Crippen molar-refractivity contribution in [2.75, 3.05) is 0 Å². The van der Waals surface area contributed by atoms with Crippen molar-refractivity contribution in [3.63, 3.8) is 0 Å². The van der Waals surface area contributed by atoms with E-state index in [0.29, 0.717) is 12.8 Å². The van der Waals surface area contributed by atoms with Crippen LogP contribution in [-0.4, -0.2) is 28.8 Å². The molecule has 1 rings (SSSR count). The van der Waals surface area contributed by atoms with Crippen LogP contribution in [-0.2, 0) is 9.53 Å². The zero-order valence-electron chi connectivity index (χ0n) is 12.1. The largest absolute Gasteiger partial charge is 0.481 e. The minimum atomic E-state index is -0.831. The first-order chi connectivity index (χ1) is 8.79. The lowest BCUT2D eigenvalue weighted by Crippen LogP contribution is -2.45. The van der Waals surface area contributed by atoms with Gasteiger partial charge >= 0.3 is 12.1 Å². The molecule has 0 spiro atoms. The number of carbonyl (C=O) groups excluding carboxylic acids is 1. The Kier molecular flexibility index (Phi) is 5.63. The molecule has 0 heterocycles. The summed E-state index contributed by atoms with van der Waals surface area (Å²) in [5, 5.41) is 12.0. The third-order valence-electron chi connectivity index (χ3n) is 3.29. The fourth-order valence-corrected chi connectivity index (χ4v) is 2.41. The summed E-state index contributed by atoms with van der Waals surface area (Å²) in [5.74, 6) is -1.34. The Labute approximate surface area is 114 Å². The van der Waals surface area contributed by atoms with Crippen molar-refractivity contribution in [2.45, 2.75) is 70.9 Å². The van der Waals surface area contributed by atoms with Gasteiger partial charge in [-0.1, -0.05) is 25.7 Å². The van der Waals surface area contributed by atoms with Crippen LogP contribution < -0.4 is 5.32 Å². The number of ether oxygens (including phenoxy) is 1. The van der Waals surface area contributed by atoms with Crippen LogP contribution in [0.3, 0.4) is 0 Å². The number of carboxylic acid groups (broad SMARTS) is 1. The molecular weight excluding hydrogens is 246 g/mol. The normalized spacial score (nSPS) is 25.0. The summed E-state index contributed by atoms with van der Waals surface area (Å²) in [6.07, 6.45) is 4.82. The number of hydrogen-bond acceptors (Lipinski definition) is 3. The number of carboxylic acids is 1. The Morgan fingerprint density at radius 1 is 1.11 bits per heavy atom. The van der Waals surface area contributed by atoms with Gasteiger partial charge in [0.05, 0.1) is 5.92 Å². The van der Waals surface area contributed by atoms with Gasteiger partial charge in [-0.3, -0.25) is 4.79 Å². The van der Waals surface area contributed by atoms with Crippen LogP contribution in [0.5, 0.6) is 0 Å². The number of carbonyl (C=O) groups is 2. The molecule has 19 heavy (non-hydrogen) atoms. The first kappa shape index (κ1) is 15.8. The monoisotopic (exact) mass is 271 g/mol. The van der Waals surface area contributed by atoms with Gasteiger partial charge < -0.3 is 15.2 Å². The van der Waals surface area contributed by atoms with E-state index in [1.807, 2.05) is 0 Å². The molecule has 0 aromatic carbocycles. The number of nitrogens with one attached hydrogen (secondary N) is 1. The zero-order chi connectivity index (χ0) is 14.5. The van der Waals surface area contributed by atoms with E-state index in [0.717, 1.165) is 25.7 Å². The van der Waals surface area contributed by atoms with Gasteiger partial charge in [-0.25, -0.2) is 4.79 Å². The van der Waals surface area contributed by atoms with Crippen molar-refractivity contribution in [1.82, 2.24) is 5.32 Å². The minimum absolute atomic E-state index is 0.326. The molecule has 0 saturated heterocycles. The second-order valence-corrected chi connectivity index (χ2v) is 6.19. The van der Waals surface area contributed by atoms with Gasteiger partial charge in [-0.05, 0) is 33.6 Å². The Bertz CT molecular complexity index is 322. The number of hydrogen-bond donors (Lipinski definition) is 2. The van der Waals surface area contributed by atoms with E-state index < -0.39 is 23.6 Å². The first-order valence-corrected chi connectivity index (χ1v) is 7.02. The summed E-state index contributed by atoms with van der Waals surface area (Å²) < 4.78 is 5.20. The van der Waals surface area contributed by atoms with Crippen molar-refractivity contribution >= 4 is 12.1 Å². The van der Waals surface area contributed by atoms with Crippen LogP contribution in [0.2, 0.25) is 0 Å². The van der Waals surface area contributed by atoms with Gasteiger partial charge in [0, 0.05) is 6.04 Å². The SMILES string of the molecule is CC(C)(C)OC(=O)NC1CCCCCCC1C(=O)O. The topological polar surface area (TPSA) is 75.6 Å². The molecule has 1 aliphatic carbocycles. The van der Waals surface area contributed by atoms with E-state index in [2.05, 4.69) is 5.32 Å². The Morgan fingerprint density at radius 3 is 2.21 bits per heavy atom. The van der Waals surface area contributed by atoms with Crippen molar-refractivity contribution in [1.29, 1.82) is 0 Å². The first-order valence-electron chi connectivity index (χ1n) is 7.02. The fraction of sp³-hybridized carbons (Fsp3) is 0.857. The molecule has 1 saturated carbocycles. The molecule has 0 aromatic heterocycles. The predicted octanol–water partition coefficient (Wildman–Crippen LogP) is 2.93. The molecule has 1 aliphatic rings. The van der Waals surface area contributed by atoms with Crippen LogP contribution >= 0.6 is 0 Å².